The van der Waals surface area contributed by atoms with Crippen LogP contribution in [0.4, 0.5) is 5.69 Å². The number of rotatable bonds is 3. The summed E-state index contributed by atoms with van der Waals surface area (Å²) < 4.78 is 11.0. The van der Waals surface area contributed by atoms with Crippen LogP contribution in [-0.4, -0.2) is 31.1 Å². The number of hydrogen-bond acceptors (Lipinski definition) is 5. The Labute approximate surface area is 124 Å². The predicted molar refractivity (Wildman–Crippen MR) is 80.2 cm³/mol. The van der Waals surface area contributed by atoms with Crippen LogP contribution < -0.4 is 5.01 Å². The van der Waals surface area contributed by atoms with E-state index in [2.05, 4.69) is 5.10 Å². The molecule has 0 bridgehead atoms. The molecular weight excluding hydrogens is 268 g/mol. The molecule has 21 heavy (non-hydrogen) atoms. The molecule has 0 aliphatic carbocycles. The highest BCUT2D eigenvalue weighted by Gasteiger charge is 2.44. The summed E-state index contributed by atoms with van der Waals surface area (Å²) in [6.07, 6.45) is 1.66. The summed E-state index contributed by atoms with van der Waals surface area (Å²) in [5.41, 5.74) is 2.62. The van der Waals surface area contributed by atoms with E-state index in [1.54, 1.807) is 6.92 Å². The minimum absolute atomic E-state index is 0.000830. The molecule has 2 atom stereocenters. The fourth-order valence-corrected chi connectivity index (χ4v) is 2.83. The number of nitrogens with zero attached hydrogens (tertiary/aromatic N) is 2. The van der Waals surface area contributed by atoms with Crippen molar-refractivity contribution in [3.8, 4) is 0 Å². The Morgan fingerprint density at radius 1 is 1.43 bits per heavy atom. The molecule has 0 aromatic heterocycles. The highest BCUT2D eigenvalue weighted by atomic mass is 16.5. The van der Waals surface area contributed by atoms with Gasteiger partial charge >= 0.3 is 5.97 Å². The van der Waals surface area contributed by atoms with Crippen LogP contribution in [-0.2, 0) is 14.3 Å². The standard InChI is InChI=1S/C16H20N2O3/c1-3-20-16(19)14-13-5-4-10-21-15(13)18(17-14)12-8-6-11(2)7-9-12/h6-9,13,15H,3-5,10H2,1-2H3. The fraction of sp³-hybridized carbons (Fsp3) is 0.500. The highest BCUT2D eigenvalue weighted by molar-refractivity contribution is 6.38. The van der Waals surface area contributed by atoms with Gasteiger partial charge in [0.05, 0.1) is 18.2 Å². The van der Waals surface area contributed by atoms with Crippen molar-refractivity contribution in [1.82, 2.24) is 0 Å². The van der Waals surface area contributed by atoms with E-state index < -0.39 is 0 Å². The summed E-state index contributed by atoms with van der Waals surface area (Å²) in [4.78, 5) is 12.1. The average Bonchev–Trinajstić information content (AvgIpc) is 2.88. The van der Waals surface area contributed by atoms with Crippen molar-refractivity contribution < 1.29 is 14.3 Å². The van der Waals surface area contributed by atoms with Crippen molar-refractivity contribution >= 4 is 17.4 Å². The van der Waals surface area contributed by atoms with Gasteiger partial charge in [0, 0.05) is 6.61 Å². The zero-order chi connectivity index (χ0) is 14.8. The summed E-state index contributed by atoms with van der Waals surface area (Å²) in [6, 6.07) is 8.07. The number of hydrazone groups is 1. The van der Waals surface area contributed by atoms with Gasteiger partial charge in [0.1, 0.15) is 0 Å². The van der Waals surface area contributed by atoms with Crippen molar-refractivity contribution in [3.05, 3.63) is 29.8 Å². The lowest BCUT2D eigenvalue weighted by Crippen LogP contribution is -2.40. The largest absolute Gasteiger partial charge is 0.461 e. The Morgan fingerprint density at radius 2 is 2.19 bits per heavy atom. The van der Waals surface area contributed by atoms with Crippen molar-refractivity contribution in [2.45, 2.75) is 32.9 Å². The second-order valence-corrected chi connectivity index (χ2v) is 5.40. The summed E-state index contributed by atoms with van der Waals surface area (Å²) >= 11 is 0. The van der Waals surface area contributed by atoms with Crippen molar-refractivity contribution in [2.75, 3.05) is 18.2 Å². The first-order valence-corrected chi connectivity index (χ1v) is 7.44. The molecule has 2 aliphatic heterocycles. The predicted octanol–water partition coefficient (Wildman–Crippen LogP) is 2.49. The Bertz CT molecular complexity index is 553. The number of anilines is 1. The van der Waals surface area contributed by atoms with Crippen LogP contribution in [0.25, 0.3) is 0 Å². The molecule has 0 amide bonds. The van der Waals surface area contributed by atoms with E-state index in [1.165, 1.54) is 5.56 Å². The number of hydrogen-bond donors (Lipinski definition) is 0. The van der Waals surface area contributed by atoms with Gasteiger partial charge in [0.15, 0.2) is 11.9 Å². The van der Waals surface area contributed by atoms with Crippen LogP contribution in [0.15, 0.2) is 29.4 Å². The van der Waals surface area contributed by atoms with E-state index in [4.69, 9.17) is 9.47 Å². The SMILES string of the molecule is CCOC(=O)C1=NN(c2ccc(C)cc2)C2OCCCC12. The zero-order valence-electron chi connectivity index (χ0n) is 12.4. The van der Waals surface area contributed by atoms with Crippen LogP contribution in [0, 0.1) is 12.8 Å². The minimum Gasteiger partial charge on any atom is -0.461 e. The number of benzene rings is 1. The molecule has 2 heterocycles. The number of fused-ring (bicyclic) bond motifs is 1. The molecule has 5 nitrogen and oxygen atoms in total. The first-order valence-electron chi connectivity index (χ1n) is 7.44. The van der Waals surface area contributed by atoms with Gasteiger partial charge in [-0.05, 0) is 38.8 Å². The van der Waals surface area contributed by atoms with Crippen LogP contribution in [0.1, 0.15) is 25.3 Å². The molecule has 2 aliphatic rings. The lowest BCUT2D eigenvalue weighted by atomic mass is 9.94. The van der Waals surface area contributed by atoms with Gasteiger partial charge in [0.2, 0.25) is 0 Å². The van der Waals surface area contributed by atoms with Crippen molar-refractivity contribution in [3.63, 3.8) is 0 Å². The van der Waals surface area contributed by atoms with Gasteiger partial charge in [-0.2, -0.15) is 5.10 Å². The molecule has 0 N–H and O–H groups in total. The van der Waals surface area contributed by atoms with Crippen LogP contribution >= 0.6 is 0 Å². The normalized spacial score (nSPS) is 24.5. The molecule has 1 aromatic rings. The summed E-state index contributed by atoms with van der Waals surface area (Å²) in [5.74, 6) is -0.327. The topological polar surface area (TPSA) is 51.1 Å². The molecule has 112 valence electrons. The van der Waals surface area contributed by atoms with Gasteiger partial charge in [-0.25, -0.2) is 9.80 Å². The van der Waals surface area contributed by atoms with Crippen LogP contribution in [0.5, 0.6) is 0 Å². The summed E-state index contributed by atoms with van der Waals surface area (Å²) in [6.45, 7) is 4.91. The van der Waals surface area contributed by atoms with Gasteiger partial charge < -0.3 is 9.47 Å². The molecule has 2 unspecified atom stereocenters. The van der Waals surface area contributed by atoms with Gasteiger partial charge in [-0.3, -0.25) is 0 Å². The number of carbonyl (C=O) groups excluding carboxylic acids is 1. The number of ether oxygens (including phenoxy) is 2. The van der Waals surface area contributed by atoms with Crippen molar-refractivity contribution in [2.24, 2.45) is 11.0 Å². The molecule has 0 saturated carbocycles. The number of carbonyl (C=O) groups is 1. The first-order chi connectivity index (χ1) is 10.2. The lowest BCUT2D eigenvalue weighted by Gasteiger charge is -2.31. The van der Waals surface area contributed by atoms with E-state index in [0.717, 1.165) is 18.5 Å². The quantitative estimate of drug-likeness (QED) is 0.802. The van der Waals surface area contributed by atoms with E-state index in [1.807, 2.05) is 36.2 Å². The maximum absolute atomic E-state index is 12.1. The second-order valence-electron chi connectivity index (χ2n) is 5.40. The third-order valence-corrected chi connectivity index (χ3v) is 3.88. The van der Waals surface area contributed by atoms with Gasteiger partial charge in [-0.1, -0.05) is 17.7 Å². The molecule has 5 heteroatoms. The number of esters is 1. The number of aryl methyl sites for hydroxylation is 1. The van der Waals surface area contributed by atoms with Crippen molar-refractivity contribution in [1.29, 1.82) is 0 Å². The van der Waals surface area contributed by atoms with Gasteiger partial charge in [-0.15, -0.1) is 0 Å². The van der Waals surface area contributed by atoms with E-state index >= 15 is 0 Å². The maximum atomic E-state index is 12.1. The van der Waals surface area contributed by atoms with Crippen LogP contribution in [0.2, 0.25) is 0 Å². The summed E-state index contributed by atoms with van der Waals surface area (Å²) in [5, 5.41) is 6.32. The Hall–Kier alpha value is -1.88. The Kier molecular flexibility index (Phi) is 3.92. The lowest BCUT2D eigenvalue weighted by molar-refractivity contribution is -0.135. The Morgan fingerprint density at radius 3 is 2.90 bits per heavy atom. The third-order valence-electron chi connectivity index (χ3n) is 3.88. The first kappa shape index (κ1) is 14.1. The molecular formula is C16H20N2O3. The second kappa shape index (κ2) is 5.85. The maximum Gasteiger partial charge on any atom is 0.354 e. The Balaban J connectivity index is 1.91. The van der Waals surface area contributed by atoms with E-state index in [0.29, 0.717) is 18.9 Å². The monoisotopic (exact) mass is 288 g/mol. The smallest absolute Gasteiger partial charge is 0.354 e. The highest BCUT2D eigenvalue weighted by Crippen LogP contribution is 2.35. The average molecular weight is 288 g/mol. The molecule has 1 fully saturated rings. The molecule has 0 radical (unpaired) electrons. The van der Waals surface area contributed by atoms with E-state index in [9.17, 15) is 4.79 Å². The fourth-order valence-electron chi connectivity index (χ4n) is 2.83. The minimum atomic E-state index is -0.326. The third kappa shape index (κ3) is 2.65. The van der Waals surface area contributed by atoms with Gasteiger partial charge in [0.25, 0.3) is 0 Å². The van der Waals surface area contributed by atoms with E-state index in [-0.39, 0.29) is 18.1 Å². The molecule has 0 spiro atoms. The van der Waals surface area contributed by atoms with Crippen LogP contribution in [0.3, 0.4) is 0 Å². The molecule has 3 rings (SSSR count). The zero-order valence-corrected chi connectivity index (χ0v) is 12.4. The molecule has 1 aromatic carbocycles. The molecule has 1 saturated heterocycles. The summed E-state index contributed by atoms with van der Waals surface area (Å²) in [7, 11) is 0.